The van der Waals surface area contributed by atoms with Gasteiger partial charge in [0.05, 0.1) is 5.69 Å². The van der Waals surface area contributed by atoms with Gasteiger partial charge in [0, 0.05) is 58.1 Å². The van der Waals surface area contributed by atoms with Crippen molar-refractivity contribution < 1.29 is 4.79 Å². The van der Waals surface area contributed by atoms with Gasteiger partial charge in [0.25, 0.3) is 0 Å². The predicted octanol–water partition coefficient (Wildman–Crippen LogP) is 2.93. The molecule has 0 unspecified atom stereocenters. The second-order valence-corrected chi connectivity index (χ2v) is 7.80. The van der Waals surface area contributed by atoms with Gasteiger partial charge in [0.15, 0.2) is 5.15 Å². The van der Waals surface area contributed by atoms with E-state index in [9.17, 15) is 4.79 Å². The third kappa shape index (κ3) is 5.27. The van der Waals surface area contributed by atoms with Crippen molar-refractivity contribution in [3.05, 3.63) is 77.2 Å². The summed E-state index contributed by atoms with van der Waals surface area (Å²) in [5.41, 5.74) is 2.82. The molecule has 4 rings (SSSR count). The molecule has 0 saturated carbocycles. The van der Waals surface area contributed by atoms with Gasteiger partial charge >= 0.3 is 0 Å². The Balaban J connectivity index is 1.19. The number of fused-ring (bicyclic) bond motifs is 1. The molecule has 1 amide bonds. The molecule has 0 bridgehead atoms. The number of carbonyl (C=O) groups is 1. The third-order valence-corrected chi connectivity index (χ3v) is 5.63. The number of carbonyl (C=O) groups excluding carboxylic acids is 1. The maximum atomic E-state index is 12.2. The lowest BCUT2D eigenvalue weighted by molar-refractivity contribution is -0.116. The van der Waals surface area contributed by atoms with Crippen LogP contribution in [0.25, 0.3) is 11.7 Å². The summed E-state index contributed by atoms with van der Waals surface area (Å²) < 4.78 is 1.86. The lowest BCUT2D eigenvalue weighted by atomic mass is 10.2. The fourth-order valence-corrected chi connectivity index (χ4v) is 3.94. The Morgan fingerprint density at radius 1 is 1.03 bits per heavy atom. The van der Waals surface area contributed by atoms with Gasteiger partial charge in [-0.2, -0.15) is 0 Å². The first-order chi connectivity index (χ1) is 14.7. The summed E-state index contributed by atoms with van der Waals surface area (Å²) in [6.45, 7) is 6.64. The van der Waals surface area contributed by atoms with Crippen LogP contribution in [-0.4, -0.2) is 64.4 Å². The average Bonchev–Trinajstić information content (AvgIpc) is 3.09. The molecule has 1 aliphatic heterocycles. The molecule has 1 saturated heterocycles. The summed E-state index contributed by atoms with van der Waals surface area (Å²) in [6.07, 6.45) is 5.10. The number of benzene rings is 1. The molecule has 1 aromatic carbocycles. The Kier molecular flexibility index (Phi) is 6.79. The number of rotatable bonds is 7. The highest BCUT2D eigenvalue weighted by molar-refractivity contribution is 6.31. The summed E-state index contributed by atoms with van der Waals surface area (Å²) in [5, 5.41) is 3.34. The smallest absolute Gasteiger partial charge is 0.244 e. The molecule has 0 aliphatic carbocycles. The monoisotopic (exact) mass is 423 g/mol. The quantitative estimate of drug-likeness (QED) is 0.594. The van der Waals surface area contributed by atoms with Crippen molar-refractivity contribution in [3.8, 4) is 0 Å². The van der Waals surface area contributed by atoms with Crippen LogP contribution in [0.15, 0.2) is 60.8 Å². The normalized spacial score (nSPS) is 15.8. The zero-order valence-electron chi connectivity index (χ0n) is 16.9. The number of piperazine rings is 1. The molecule has 3 heterocycles. The Morgan fingerprint density at radius 2 is 1.77 bits per heavy atom. The second-order valence-electron chi connectivity index (χ2n) is 7.44. The van der Waals surface area contributed by atoms with Crippen molar-refractivity contribution in [3.63, 3.8) is 0 Å². The number of pyridine rings is 1. The zero-order chi connectivity index (χ0) is 20.8. The number of aromatic nitrogens is 2. The minimum Gasteiger partial charge on any atom is -0.351 e. The van der Waals surface area contributed by atoms with Gasteiger partial charge in [0.1, 0.15) is 5.65 Å². The van der Waals surface area contributed by atoms with Crippen LogP contribution in [0.4, 0.5) is 0 Å². The number of nitrogens with zero attached hydrogens (tertiary/aromatic N) is 4. The van der Waals surface area contributed by atoms with Crippen molar-refractivity contribution >= 4 is 29.2 Å². The number of hydrogen-bond donors (Lipinski definition) is 1. The number of halogens is 1. The Labute approximate surface area is 181 Å². The van der Waals surface area contributed by atoms with E-state index < -0.39 is 0 Å². The Morgan fingerprint density at radius 3 is 2.57 bits per heavy atom. The topological polar surface area (TPSA) is 52.9 Å². The summed E-state index contributed by atoms with van der Waals surface area (Å²) in [7, 11) is 0. The molecule has 6 nitrogen and oxygen atoms in total. The van der Waals surface area contributed by atoms with Gasteiger partial charge in [-0.25, -0.2) is 4.98 Å². The highest BCUT2D eigenvalue weighted by Crippen LogP contribution is 2.18. The molecular formula is C23H26ClN5O. The lowest BCUT2D eigenvalue weighted by Crippen LogP contribution is -2.47. The first kappa shape index (κ1) is 20.6. The first-order valence-electron chi connectivity index (χ1n) is 10.3. The van der Waals surface area contributed by atoms with Gasteiger partial charge in [-0.05, 0) is 23.8 Å². The van der Waals surface area contributed by atoms with Crippen LogP contribution in [0.2, 0.25) is 5.15 Å². The van der Waals surface area contributed by atoms with Crippen LogP contribution in [0.5, 0.6) is 0 Å². The van der Waals surface area contributed by atoms with E-state index in [-0.39, 0.29) is 5.91 Å². The molecule has 1 N–H and O–H groups in total. The van der Waals surface area contributed by atoms with E-state index in [0.29, 0.717) is 17.4 Å². The molecule has 0 radical (unpaired) electrons. The maximum absolute atomic E-state index is 12.2. The van der Waals surface area contributed by atoms with E-state index in [1.165, 1.54) is 11.6 Å². The minimum absolute atomic E-state index is 0.125. The molecule has 7 heteroatoms. The van der Waals surface area contributed by atoms with Crippen molar-refractivity contribution in [1.29, 1.82) is 0 Å². The van der Waals surface area contributed by atoms with Crippen molar-refractivity contribution in [1.82, 2.24) is 24.5 Å². The van der Waals surface area contributed by atoms with Gasteiger partial charge in [0.2, 0.25) is 5.91 Å². The SMILES string of the molecule is O=C(/C=C/c1c(Cl)nc2ccccn12)NCCN1CCN(Cc2ccccc2)CC1. The standard InChI is InChI=1S/C23H26ClN5O/c24-23-20(29-12-5-4-8-21(29)26-23)9-10-22(30)25-11-13-27-14-16-28(17-15-27)18-19-6-2-1-3-7-19/h1-10,12H,11,13-18H2,(H,25,30)/b10-9+. The highest BCUT2D eigenvalue weighted by atomic mass is 35.5. The molecule has 2 aromatic heterocycles. The van der Waals surface area contributed by atoms with Crippen LogP contribution >= 0.6 is 11.6 Å². The number of amides is 1. The number of nitrogens with one attached hydrogen (secondary N) is 1. The average molecular weight is 424 g/mol. The fraction of sp³-hybridized carbons (Fsp3) is 0.304. The number of imidazole rings is 1. The second kappa shape index (κ2) is 9.89. The van der Waals surface area contributed by atoms with Crippen molar-refractivity contribution in [2.45, 2.75) is 6.54 Å². The summed E-state index contributed by atoms with van der Waals surface area (Å²) in [5.74, 6) is -0.125. The lowest BCUT2D eigenvalue weighted by Gasteiger charge is -2.34. The molecule has 3 aromatic rings. The van der Waals surface area contributed by atoms with Crippen LogP contribution < -0.4 is 5.32 Å². The van der Waals surface area contributed by atoms with E-state index in [0.717, 1.165) is 44.9 Å². The van der Waals surface area contributed by atoms with Crippen molar-refractivity contribution in [2.24, 2.45) is 0 Å². The maximum Gasteiger partial charge on any atom is 0.244 e. The summed E-state index contributed by atoms with van der Waals surface area (Å²) in [6, 6.07) is 16.3. The minimum atomic E-state index is -0.125. The largest absolute Gasteiger partial charge is 0.351 e. The van der Waals surface area contributed by atoms with Crippen LogP contribution in [0.3, 0.4) is 0 Å². The molecule has 0 atom stereocenters. The Bertz CT molecular complexity index is 1010. The highest BCUT2D eigenvalue weighted by Gasteiger charge is 2.16. The number of hydrogen-bond acceptors (Lipinski definition) is 4. The summed E-state index contributed by atoms with van der Waals surface area (Å²) >= 11 is 6.19. The predicted molar refractivity (Wildman–Crippen MR) is 120 cm³/mol. The van der Waals surface area contributed by atoms with E-state index in [1.54, 1.807) is 6.08 Å². The third-order valence-electron chi connectivity index (χ3n) is 5.36. The molecule has 156 valence electrons. The molecule has 0 spiro atoms. The molecule has 30 heavy (non-hydrogen) atoms. The van der Waals surface area contributed by atoms with E-state index in [4.69, 9.17) is 11.6 Å². The van der Waals surface area contributed by atoms with Crippen molar-refractivity contribution in [2.75, 3.05) is 39.3 Å². The first-order valence-corrected chi connectivity index (χ1v) is 10.6. The summed E-state index contributed by atoms with van der Waals surface area (Å²) in [4.78, 5) is 21.3. The zero-order valence-corrected chi connectivity index (χ0v) is 17.6. The van der Waals surface area contributed by atoms with E-state index in [1.807, 2.05) is 28.8 Å². The van der Waals surface area contributed by atoms with E-state index in [2.05, 4.69) is 50.4 Å². The molecule has 1 fully saturated rings. The Hall–Kier alpha value is -2.67. The van der Waals surface area contributed by atoms with Gasteiger partial charge in [-0.1, -0.05) is 48.0 Å². The van der Waals surface area contributed by atoms with Gasteiger partial charge < -0.3 is 5.32 Å². The fourth-order valence-electron chi connectivity index (χ4n) is 3.70. The van der Waals surface area contributed by atoms with Crippen LogP contribution in [0.1, 0.15) is 11.3 Å². The van der Waals surface area contributed by atoms with Crippen LogP contribution in [-0.2, 0) is 11.3 Å². The molecule has 1 aliphatic rings. The van der Waals surface area contributed by atoms with Crippen LogP contribution in [0, 0.1) is 0 Å². The van der Waals surface area contributed by atoms with Gasteiger partial charge in [-0.3, -0.25) is 19.0 Å². The van der Waals surface area contributed by atoms with E-state index >= 15 is 0 Å². The molecular weight excluding hydrogens is 398 g/mol. The van der Waals surface area contributed by atoms with Gasteiger partial charge in [-0.15, -0.1) is 0 Å².